The SMILES string of the molecule is COCCC1(CNC(=O)c2cccc3c2CCCN3)CC1.Cl. The zero-order valence-corrected chi connectivity index (χ0v) is 13.9. The number of amides is 1. The molecule has 5 heteroatoms. The molecule has 3 rings (SSSR count). The van der Waals surface area contributed by atoms with Crippen LogP contribution in [0.5, 0.6) is 0 Å². The number of benzene rings is 1. The minimum absolute atomic E-state index is 0. The monoisotopic (exact) mass is 324 g/mol. The maximum absolute atomic E-state index is 12.5. The van der Waals surface area contributed by atoms with Crippen molar-refractivity contribution in [3.8, 4) is 0 Å². The van der Waals surface area contributed by atoms with Gasteiger partial charge in [-0.3, -0.25) is 4.79 Å². The van der Waals surface area contributed by atoms with Crippen LogP contribution in [-0.2, 0) is 11.2 Å². The van der Waals surface area contributed by atoms with E-state index in [1.54, 1.807) is 7.11 Å². The molecule has 2 aliphatic rings. The first kappa shape index (κ1) is 17.1. The number of fused-ring (bicyclic) bond motifs is 1. The van der Waals surface area contributed by atoms with Crippen molar-refractivity contribution in [3.05, 3.63) is 29.3 Å². The average molecular weight is 325 g/mol. The van der Waals surface area contributed by atoms with Crippen LogP contribution in [0.1, 0.15) is 41.6 Å². The smallest absolute Gasteiger partial charge is 0.251 e. The van der Waals surface area contributed by atoms with Crippen molar-refractivity contribution in [2.24, 2.45) is 5.41 Å². The molecule has 1 aromatic rings. The Morgan fingerprint density at radius 1 is 1.41 bits per heavy atom. The Hall–Kier alpha value is -1.26. The number of ether oxygens (including phenoxy) is 1. The van der Waals surface area contributed by atoms with Crippen LogP contribution in [0.4, 0.5) is 5.69 Å². The van der Waals surface area contributed by atoms with Crippen LogP contribution in [0.15, 0.2) is 18.2 Å². The van der Waals surface area contributed by atoms with Gasteiger partial charge in [-0.2, -0.15) is 0 Å². The summed E-state index contributed by atoms with van der Waals surface area (Å²) >= 11 is 0. The third-order valence-electron chi connectivity index (χ3n) is 4.76. The van der Waals surface area contributed by atoms with E-state index in [9.17, 15) is 4.79 Å². The Labute approximate surface area is 138 Å². The van der Waals surface area contributed by atoms with E-state index in [0.717, 1.165) is 50.2 Å². The molecule has 22 heavy (non-hydrogen) atoms. The van der Waals surface area contributed by atoms with Gasteiger partial charge in [-0.25, -0.2) is 0 Å². The van der Waals surface area contributed by atoms with Crippen LogP contribution in [0, 0.1) is 5.41 Å². The van der Waals surface area contributed by atoms with Gasteiger partial charge >= 0.3 is 0 Å². The Bertz CT molecular complexity index is 529. The van der Waals surface area contributed by atoms with Gasteiger partial charge < -0.3 is 15.4 Å². The Balaban J connectivity index is 0.00000176. The first-order chi connectivity index (χ1) is 10.2. The van der Waals surface area contributed by atoms with E-state index in [1.165, 1.54) is 18.4 Å². The fourth-order valence-corrected chi connectivity index (χ4v) is 3.10. The molecule has 0 bridgehead atoms. The summed E-state index contributed by atoms with van der Waals surface area (Å²) in [6.45, 7) is 2.55. The van der Waals surface area contributed by atoms with Crippen molar-refractivity contribution in [2.45, 2.75) is 32.1 Å². The number of anilines is 1. The molecule has 1 aliphatic heterocycles. The van der Waals surface area contributed by atoms with Crippen LogP contribution >= 0.6 is 12.4 Å². The van der Waals surface area contributed by atoms with Gasteiger partial charge in [0.25, 0.3) is 5.91 Å². The molecule has 122 valence electrons. The number of hydrogen-bond acceptors (Lipinski definition) is 3. The lowest BCUT2D eigenvalue weighted by Gasteiger charge is -2.21. The van der Waals surface area contributed by atoms with Crippen LogP contribution in [0.3, 0.4) is 0 Å². The van der Waals surface area contributed by atoms with Gasteiger partial charge in [0, 0.05) is 38.1 Å². The maximum atomic E-state index is 12.5. The van der Waals surface area contributed by atoms with E-state index in [4.69, 9.17) is 4.74 Å². The molecule has 1 aromatic carbocycles. The summed E-state index contributed by atoms with van der Waals surface area (Å²) in [4.78, 5) is 12.5. The molecule has 0 saturated heterocycles. The van der Waals surface area contributed by atoms with E-state index in [1.807, 2.05) is 12.1 Å². The first-order valence-electron chi connectivity index (χ1n) is 7.87. The van der Waals surface area contributed by atoms with Crippen LogP contribution in [0.2, 0.25) is 0 Å². The highest BCUT2D eigenvalue weighted by atomic mass is 35.5. The molecule has 0 aromatic heterocycles. The van der Waals surface area contributed by atoms with Gasteiger partial charge in [0.05, 0.1) is 0 Å². The molecular weight excluding hydrogens is 300 g/mol. The summed E-state index contributed by atoms with van der Waals surface area (Å²) in [6.07, 6.45) is 5.52. The molecule has 0 unspecified atom stereocenters. The topological polar surface area (TPSA) is 50.4 Å². The van der Waals surface area contributed by atoms with Gasteiger partial charge in [0.15, 0.2) is 0 Å². The van der Waals surface area contributed by atoms with Crippen LogP contribution < -0.4 is 10.6 Å². The summed E-state index contributed by atoms with van der Waals surface area (Å²) in [5.41, 5.74) is 3.42. The Morgan fingerprint density at radius 3 is 2.95 bits per heavy atom. The lowest BCUT2D eigenvalue weighted by atomic mass is 9.96. The predicted molar refractivity (Wildman–Crippen MR) is 91.0 cm³/mol. The summed E-state index contributed by atoms with van der Waals surface area (Å²) in [5.74, 6) is 0.0687. The molecule has 1 saturated carbocycles. The normalized spacial score (nSPS) is 17.7. The molecular formula is C17H25ClN2O2. The van der Waals surface area contributed by atoms with Gasteiger partial charge in [-0.05, 0) is 55.2 Å². The second kappa shape index (κ2) is 7.34. The summed E-state index contributed by atoms with van der Waals surface area (Å²) in [7, 11) is 1.73. The van der Waals surface area contributed by atoms with E-state index < -0.39 is 0 Å². The van der Waals surface area contributed by atoms with Crippen molar-refractivity contribution >= 4 is 24.0 Å². The fraction of sp³-hybridized carbons (Fsp3) is 0.588. The van der Waals surface area contributed by atoms with Gasteiger partial charge in [-0.15, -0.1) is 12.4 Å². The Kier molecular flexibility index (Phi) is 5.70. The lowest BCUT2D eigenvalue weighted by Crippen LogP contribution is -2.32. The van der Waals surface area contributed by atoms with Crippen molar-refractivity contribution in [1.29, 1.82) is 0 Å². The highest BCUT2D eigenvalue weighted by Crippen LogP contribution is 2.48. The number of methoxy groups -OCH3 is 1. The van der Waals surface area contributed by atoms with Gasteiger partial charge in [0.2, 0.25) is 0 Å². The summed E-state index contributed by atoms with van der Waals surface area (Å²) in [6, 6.07) is 5.96. The third kappa shape index (κ3) is 3.73. The molecule has 1 amide bonds. The molecule has 1 aliphatic carbocycles. The maximum Gasteiger partial charge on any atom is 0.251 e. The summed E-state index contributed by atoms with van der Waals surface area (Å²) in [5, 5.41) is 6.51. The standard InChI is InChI=1S/C17H24N2O2.ClH/c1-21-11-9-17(7-8-17)12-19-16(20)14-4-2-6-15-13(14)5-3-10-18-15;/h2,4,6,18H,3,5,7-12H2,1H3,(H,19,20);1H. The number of hydrogen-bond donors (Lipinski definition) is 2. The number of nitrogens with one attached hydrogen (secondary N) is 2. The van der Waals surface area contributed by atoms with Crippen LogP contribution in [-0.4, -0.2) is 32.7 Å². The molecule has 1 heterocycles. The van der Waals surface area contributed by atoms with Gasteiger partial charge in [0.1, 0.15) is 0 Å². The number of rotatable bonds is 6. The van der Waals surface area contributed by atoms with E-state index in [-0.39, 0.29) is 18.3 Å². The number of carbonyl (C=O) groups excluding carboxylic acids is 1. The van der Waals surface area contributed by atoms with Crippen molar-refractivity contribution in [1.82, 2.24) is 5.32 Å². The second-order valence-electron chi connectivity index (χ2n) is 6.29. The van der Waals surface area contributed by atoms with E-state index in [2.05, 4.69) is 16.7 Å². The predicted octanol–water partition coefficient (Wildman–Crippen LogP) is 3.01. The molecule has 1 fully saturated rings. The molecule has 0 atom stereocenters. The quantitative estimate of drug-likeness (QED) is 0.845. The molecule has 2 N–H and O–H groups in total. The second-order valence-corrected chi connectivity index (χ2v) is 6.29. The van der Waals surface area contributed by atoms with Crippen molar-refractivity contribution < 1.29 is 9.53 Å². The van der Waals surface area contributed by atoms with E-state index in [0.29, 0.717) is 5.41 Å². The Morgan fingerprint density at radius 2 is 2.23 bits per heavy atom. The highest BCUT2D eigenvalue weighted by Gasteiger charge is 2.42. The first-order valence-corrected chi connectivity index (χ1v) is 7.87. The van der Waals surface area contributed by atoms with Crippen LogP contribution in [0.25, 0.3) is 0 Å². The number of carbonyl (C=O) groups is 1. The molecule has 0 radical (unpaired) electrons. The lowest BCUT2D eigenvalue weighted by molar-refractivity contribution is 0.0937. The fourth-order valence-electron chi connectivity index (χ4n) is 3.10. The minimum Gasteiger partial charge on any atom is -0.385 e. The van der Waals surface area contributed by atoms with Gasteiger partial charge in [-0.1, -0.05) is 6.07 Å². The molecule has 0 spiro atoms. The summed E-state index contributed by atoms with van der Waals surface area (Å²) < 4.78 is 5.16. The minimum atomic E-state index is 0. The van der Waals surface area contributed by atoms with E-state index >= 15 is 0 Å². The largest absolute Gasteiger partial charge is 0.385 e. The zero-order valence-electron chi connectivity index (χ0n) is 13.1. The third-order valence-corrected chi connectivity index (χ3v) is 4.76. The van der Waals surface area contributed by atoms with Crippen molar-refractivity contribution in [2.75, 3.05) is 32.1 Å². The average Bonchev–Trinajstić information content (AvgIpc) is 3.30. The number of halogens is 1. The highest BCUT2D eigenvalue weighted by molar-refractivity contribution is 5.97. The van der Waals surface area contributed by atoms with Crippen molar-refractivity contribution in [3.63, 3.8) is 0 Å². The molecule has 4 nitrogen and oxygen atoms in total. The zero-order chi connectivity index (χ0) is 14.7.